The molecule has 102 valence electrons. The highest BCUT2D eigenvalue weighted by Gasteiger charge is 2.48. The summed E-state index contributed by atoms with van der Waals surface area (Å²) in [5, 5.41) is 26.5. The van der Waals surface area contributed by atoms with Crippen molar-refractivity contribution in [3.63, 3.8) is 0 Å². The number of aliphatic hydroxyl groups excluding tert-OH is 3. The first-order valence-electron chi connectivity index (χ1n) is 5.07. The van der Waals surface area contributed by atoms with Crippen LogP contribution in [-0.4, -0.2) is 71.1 Å². The summed E-state index contributed by atoms with van der Waals surface area (Å²) in [5.41, 5.74) is 5.15. The van der Waals surface area contributed by atoms with Crippen molar-refractivity contribution in [3.05, 3.63) is 0 Å². The van der Waals surface area contributed by atoms with E-state index in [1.807, 2.05) is 0 Å². The standard InChI is InChI=1S/C8H16F2N2O5/c9-12(10)5-7(15)6(14)4(3-13)17-8(5)16-2-1-11/h4-8,13-15H,1-3,11H2/t4?,5?,6-,7+,8+/m0/s1. The van der Waals surface area contributed by atoms with Gasteiger partial charge in [-0.2, -0.15) is 0 Å². The zero-order valence-electron chi connectivity index (χ0n) is 8.95. The number of halogens is 2. The number of hydrogen-bond donors (Lipinski definition) is 4. The van der Waals surface area contributed by atoms with Crippen LogP contribution in [0.15, 0.2) is 0 Å². The predicted molar refractivity (Wildman–Crippen MR) is 50.6 cm³/mol. The van der Waals surface area contributed by atoms with E-state index in [9.17, 15) is 19.2 Å². The normalized spacial score (nSPS) is 38.6. The fourth-order valence-electron chi connectivity index (χ4n) is 1.60. The van der Waals surface area contributed by atoms with Crippen molar-refractivity contribution in [2.45, 2.75) is 30.6 Å². The zero-order valence-corrected chi connectivity index (χ0v) is 8.95. The van der Waals surface area contributed by atoms with Crippen LogP contribution < -0.4 is 5.73 Å². The molecule has 2 unspecified atom stereocenters. The van der Waals surface area contributed by atoms with E-state index in [4.69, 9.17) is 20.3 Å². The average molecular weight is 258 g/mol. The molecule has 17 heavy (non-hydrogen) atoms. The summed E-state index contributed by atoms with van der Waals surface area (Å²) in [6.45, 7) is -0.574. The molecule has 0 aromatic heterocycles. The van der Waals surface area contributed by atoms with Crippen molar-refractivity contribution in [3.8, 4) is 0 Å². The maximum atomic E-state index is 12.6. The average Bonchev–Trinajstić information content (AvgIpc) is 2.29. The minimum Gasteiger partial charge on any atom is -0.394 e. The molecule has 7 nitrogen and oxygen atoms in total. The third-order valence-corrected chi connectivity index (χ3v) is 2.47. The van der Waals surface area contributed by atoms with E-state index < -0.39 is 42.6 Å². The minimum absolute atomic E-state index is 0.0457. The first-order valence-corrected chi connectivity index (χ1v) is 5.07. The Morgan fingerprint density at radius 1 is 1.29 bits per heavy atom. The topological polar surface area (TPSA) is 108 Å². The summed E-state index contributed by atoms with van der Waals surface area (Å²) in [6.07, 6.45) is -6.05. The highest BCUT2D eigenvalue weighted by atomic mass is 19.4. The van der Waals surface area contributed by atoms with Crippen LogP contribution in [0.2, 0.25) is 0 Å². The lowest BCUT2D eigenvalue weighted by atomic mass is 9.97. The van der Waals surface area contributed by atoms with Crippen LogP contribution in [-0.2, 0) is 9.47 Å². The van der Waals surface area contributed by atoms with E-state index in [-0.39, 0.29) is 13.2 Å². The summed E-state index contributed by atoms with van der Waals surface area (Å²) in [7, 11) is 0. The van der Waals surface area contributed by atoms with Crippen LogP contribution in [0.25, 0.3) is 0 Å². The first kappa shape index (κ1) is 14.6. The summed E-state index contributed by atoms with van der Waals surface area (Å²) in [6, 6.07) is -1.83. The second-order valence-electron chi connectivity index (χ2n) is 3.62. The molecule has 0 aromatic carbocycles. The van der Waals surface area contributed by atoms with Crippen molar-refractivity contribution in [1.82, 2.24) is 5.34 Å². The van der Waals surface area contributed by atoms with Gasteiger partial charge in [0.1, 0.15) is 18.3 Å². The van der Waals surface area contributed by atoms with E-state index in [2.05, 4.69) is 0 Å². The van der Waals surface area contributed by atoms with Gasteiger partial charge in [0.2, 0.25) is 0 Å². The molecule has 0 spiro atoms. The molecule has 1 rings (SSSR count). The fraction of sp³-hybridized carbons (Fsp3) is 1.00. The zero-order chi connectivity index (χ0) is 13.0. The van der Waals surface area contributed by atoms with Gasteiger partial charge >= 0.3 is 0 Å². The second kappa shape index (κ2) is 6.50. The van der Waals surface area contributed by atoms with Crippen molar-refractivity contribution in [2.24, 2.45) is 5.73 Å². The number of rotatable bonds is 5. The van der Waals surface area contributed by atoms with Gasteiger partial charge in [-0.05, 0) is 0 Å². The lowest BCUT2D eigenvalue weighted by molar-refractivity contribution is -0.340. The van der Waals surface area contributed by atoms with Crippen LogP contribution >= 0.6 is 0 Å². The molecule has 1 aliphatic rings. The van der Waals surface area contributed by atoms with E-state index >= 15 is 0 Å². The smallest absolute Gasteiger partial charge is 0.181 e. The molecule has 0 bridgehead atoms. The highest BCUT2D eigenvalue weighted by molar-refractivity contribution is 4.91. The van der Waals surface area contributed by atoms with Crippen LogP contribution in [0.3, 0.4) is 0 Å². The Morgan fingerprint density at radius 2 is 1.94 bits per heavy atom. The molecule has 9 heteroatoms. The first-order chi connectivity index (χ1) is 8.02. The van der Waals surface area contributed by atoms with Gasteiger partial charge in [-0.3, -0.25) is 0 Å². The van der Waals surface area contributed by atoms with Crippen molar-refractivity contribution in [1.29, 1.82) is 0 Å². The monoisotopic (exact) mass is 258 g/mol. The summed E-state index contributed by atoms with van der Waals surface area (Å²) in [5.74, 6) is 0. The van der Waals surface area contributed by atoms with Gasteiger partial charge in [0.25, 0.3) is 0 Å². The Hall–Kier alpha value is -0.420. The van der Waals surface area contributed by atoms with E-state index in [1.165, 1.54) is 0 Å². The van der Waals surface area contributed by atoms with Crippen LogP contribution in [0, 0.1) is 0 Å². The molecule has 0 radical (unpaired) electrons. The molecule has 1 saturated heterocycles. The number of ether oxygens (including phenoxy) is 2. The van der Waals surface area contributed by atoms with E-state index in [1.54, 1.807) is 0 Å². The van der Waals surface area contributed by atoms with Crippen molar-refractivity contribution in [2.75, 3.05) is 19.8 Å². The SMILES string of the molecule is NCCO[C@@H]1OC(CO)[C@H](O)[C@H](O)C1N(F)F. The van der Waals surface area contributed by atoms with Gasteiger partial charge in [0.05, 0.1) is 13.2 Å². The van der Waals surface area contributed by atoms with Gasteiger partial charge in [-0.25, -0.2) is 0 Å². The van der Waals surface area contributed by atoms with Gasteiger partial charge in [0, 0.05) is 11.9 Å². The Balaban J connectivity index is 2.75. The maximum absolute atomic E-state index is 12.6. The molecule has 1 aliphatic heterocycles. The number of hydrogen-bond acceptors (Lipinski definition) is 7. The molecule has 1 fully saturated rings. The van der Waals surface area contributed by atoms with Crippen molar-refractivity contribution >= 4 is 0 Å². The minimum atomic E-state index is -1.83. The molecular formula is C8H16F2N2O5. The lowest BCUT2D eigenvalue weighted by Crippen LogP contribution is -2.62. The summed E-state index contributed by atoms with van der Waals surface area (Å²) < 4.78 is 35.0. The lowest BCUT2D eigenvalue weighted by Gasteiger charge is -2.41. The number of aliphatic hydroxyl groups is 3. The second-order valence-corrected chi connectivity index (χ2v) is 3.62. The van der Waals surface area contributed by atoms with Crippen LogP contribution in [0.1, 0.15) is 0 Å². The third kappa shape index (κ3) is 3.28. The largest absolute Gasteiger partial charge is 0.394 e. The van der Waals surface area contributed by atoms with E-state index in [0.717, 1.165) is 0 Å². The van der Waals surface area contributed by atoms with Gasteiger partial charge < -0.3 is 30.5 Å². The summed E-state index contributed by atoms with van der Waals surface area (Å²) in [4.78, 5) is 0. The van der Waals surface area contributed by atoms with Crippen LogP contribution in [0.4, 0.5) is 8.96 Å². The Bertz CT molecular complexity index is 236. The Kier molecular flexibility index (Phi) is 5.59. The highest BCUT2D eigenvalue weighted by Crippen LogP contribution is 2.26. The van der Waals surface area contributed by atoms with Gasteiger partial charge in [-0.1, -0.05) is 0 Å². The molecule has 1 heterocycles. The van der Waals surface area contributed by atoms with Crippen LogP contribution in [0.5, 0.6) is 0 Å². The molecule has 0 saturated carbocycles. The summed E-state index contributed by atoms with van der Waals surface area (Å²) >= 11 is 0. The van der Waals surface area contributed by atoms with Crippen molar-refractivity contribution < 1.29 is 33.8 Å². The quantitative estimate of drug-likeness (QED) is 0.416. The Morgan fingerprint density at radius 3 is 2.41 bits per heavy atom. The molecule has 0 aliphatic carbocycles. The van der Waals surface area contributed by atoms with Gasteiger partial charge in [0.15, 0.2) is 12.3 Å². The number of nitrogens with zero attached hydrogens (tertiary/aromatic N) is 1. The third-order valence-electron chi connectivity index (χ3n) is 2.47. The molecular weight excluding hydrogens is 242 g/mol. The molecule has 0 amide bonds. The fourth-order valence-corrected chi connectivity index (χ4v) is 1.60. The molecule has 0 aromatic rings. The Labute approximate surface area is 96.2 Å². The molecule has 5 atom stereocenters. The van der Waals surface area contributed by atoms with E-state index in [0.29, 0.717) is 0 Å². The maximum Gasteiger partial charge on any atom is 0.181 e. The molecule has 5 N–H and O–H groups in total. The predicted octanol–water partition coefficient (Wildman–Crippen LogP) is -2.16. The van der Waals surface area contributed by atoms with Gasteiger partial charge in [-0.15, -0.1) is 8.96 Å². The number of nitrogens with two attached hydrogens (primary N) is 1.